The SMILES string of the molecule is CN(C)Cc1ccc(OCC[C@@H]2CN(C(=O)OCc3ccccc3)CCN2)c(F)c1.Cl.Cl. The molecule has 178 valence electrons. The number of carbonyl (C=O) groups excluding carboxylic acids is 1. The van der Waals surface area contributed by atoms with E-state index in [0.29, 0.717) is 39.2 Å². The number of piperazine rings is 1. The fourth-order valence-corrected chi connectivity index (χ4v) is 3.43. The molecular formula is C23H32Cl2FN3O3. The smallest absolute Gasteiger partial charge is 0.410 e. The van der Waals surface area contributed by atoms with Crippen LogP contribution in [0.25, 0.3) is 0 Å². The summed E-state index contributed by atoms with van der Waals surface area (Å²) in [5.74, 6) is -0.0930. The van der Waals surface area contributed by atoms with E-state index in [1.54, 1.807) is 11.0 Å². The van der Waals surface area contributed by atoms with Crippen molar-refractivity contribution < 1.29 is 18.7 Å². The number of nitrogens with zero attached hydrogens (tertiary/aromatic N) is 2. The van der Waals surface area contributed by atoms with Gasteiger partial charge in [-0.3, -0.25) is 0 Å². The molecular weight excluding hydrogens is 456 g/mol. The van der Waals surface area contributed by atoms with E-state index in [4.69, 9.17) is 9.47 Å². The Balaban J connectivity index is 0.00000256. The van der Waals surface area contributed by atoms with Crippen LogP contribution in [0.2, 0.25) is 0 Å². The summed E-state index contributed by atoms with van der Waals surface area (Å²) in [7, 11) is 3.89. The molecule has 1 heterocycles. The van der Waals surface area contributed by atoms with Crippen LogP contribution in [0.5, 0.6) is 5.75 Å². The van der Waals surface area contributed by atoms with Gasteiger partial charge in [-0.05, 0) is 43.8 Å². The van der Waals surface area contributed by atoms with E-state index in [1.165, 1.54) is 6.07 Å². The van der Waals surface area contributed by atoms with Gasteiger partial charge < -0.3 is 24.6 Å². The van der Waals surface area contributed by atoms with E-state index in [2.05, 4.69) is 5.32 Å². The molecule has 1 amide bonds. The molecule has 2 aromatic rings. The number of nitrogens with one attached hydrogen (secondary N) is 1. The Bertz CT molecular complexity index is 827. The fourth-order valence-electron chi connectivity index (χ4n) is 3.43. The van der Waals surface area contributed by atoms with Gasteiger partial charge in [0.15, 0.2) is 11.6 Å². The molecule has 0 radical (unpaired) electrons. The van der Waals surface area contributed by atoms with Crippen molar-refractivity contribution in [3.8, 4) is 5.75 Å². The van der Waals surface area contributed by atoms with Crippen LogP contribution in [-0.2, 0) is 17.9 Å². The Kier molecular flexibility index (Phi) is 12.4. The van der Waals surface area contributed by atoms with Crippen molar-refractivity contribution in [2.24, 2.45) is 0 Å². The lowest BCUT2D eigenvalue weighted by atomic mass is 10.1. The molecule has 1 aliphatic rings. The molecule has 1 N–H and O–H groups in total. The second-order valence-electron chi connectivity index (χ2n) is 7.78. The summed E-state index contributed by atoms with van der Waals surface area (Å²) in [5.41, 5.74) is 1.87. The highest BCUT2D eigenvalue weighted by Crippen LogP contribution is 2.19. The van der Waals surface area contributed by atoms with Crippen LogP contribution in [-0.4, -0.2) is 62.3 Å². The maximum absolute atomic E-state index is 14.2. The molecule has 9 heteroatoms. The molecule has 0 spiro atoms. The van der Waals surface area contributed by atoms with Crippen molar-refractivity contribution in [2.45, 2.75) is 25.6 Å². The van der Waals surface area contributed by atoms with Crippen LogP contribution in [0.1, 0.15) is 17.5 Å². The highest BCUT2D eigenvalue weighted by atomic mass is 35.5. The average Bonchev–Trinajstić information content (AvgIpc) is 2.74. The maximum atomic E-state index is 14.2. The van der Waals surface area contributed by atoms with Crippen LogP contribution in [0.15, 0.2) is 48.5 Å². The Hall–Kier alpha value is -2.06. The predicted octanol–water partition coefficient (Wildman–Crippen LogP) is 4.11. The summed E-state index contributed by atoms with van der Waals surface area (Å²) in [6.45, 7) is 3.15. The fraction of sp³-hybridized carbons (Fsp3) is 0.435. The standard InChI is InChI=1S/C23H30FN3O3.2ClH/c1-26(2)15-19-8-9-22(21(24)14-19)29-13-10-20-16-27(12-11-25-20)23(28)30-17-18-6-4-3-5-7-18;;/h3-9,14,20,25H,10-13,15-17H2,1-2H3;2*1H/t20-;;/m1../s1. The molecule has 1 saturated heterocycles. The number of ether oxygens (including phenoxy) is 2. The number of carbonyl (C=O) groups is 1. The quantitative estimate of drug-likeness (QED) is 0.606. The second-order valence-corrected chi connectivity index (χ2v) is 7.78. The zero-order valence-electron chi connectivity index (χ0n) is 18.5. The summed E-state index contributed by atoms with van der Waals surface area (Å²) in [4.78, 5) is 16.1. The van der Waals surface area contributed by atoms with Gasteiger partial charge in [0.25, 0.3) is 0 Å². The minimum absolute atomic E-state index is 0. The Morgan fingerprint density at radius 2 is 1.91 bits per heavy atom. The van der Waals surface area contributed by atoms with E-state index in [1.807, 2.05) is 55.4 Å². The van der Waals surface area contributed by atoms with Gasteiger partial charge in [-0.2, -0.15) is 0 Å². The van der Waals surface area contributed by atoms with Gasteiger partial charge in [-0.15, -0.1) is 24.8 Å². The molecule has 0 saturated carbocycles. The van der Waals surface area contributed by atoms with Crippen LogP contribution in [0, 0.1) is 5.82 Å². The van der Waals surface area contributed by atoms with Crippen LogP contribution in [0.3, 0.4) is 0 Å². The predicted molar refractivity (Wildman–Crippen MR) is 128 cm³/mol. The molecule has 1 atom stereocenters. The zero-order valence-corrected chi connectivity index (χ0v) is 20.1. The number of benzene rings is 2. The molecule has 0 aliphatic carbocycles. The molecule has 3 rings (SSSR count). The molecule has 2 aromatic carbocycles. The van der Waals surface area contributed by atoms with E-state index in [0.717, 1.165) is 11.1 Å². The first-order chi connectivity index (χ1) is 14.5. The van der Waals surface area contributed by atoms with Crippen molar-refractivity contribution >= 4 is 30.9 Å². The lowest BCUT2D eigenvalue weighted by molar-refractivity contribution is 0.0826. The van der Waals surface area contributed by atoms with Crippen LogP contribution >= 0.6 is 24.8 Å². The first kappa shape index (κ1) is 28.0. The van der Waals surface area contributed by atoms with Crippen molar-refractivity contribution in [1.82, 2.24) is 15.1 Å². The van der Waals surface area contributed by atoms with Gasteiger partial charge in [0.2, 0.25) is 0 Å². The third-order valence-electron chi connectivity index (χ3n) is 4.94. The van der Waals surface area contributed by atoms with Gasteiger partial charge in [0.1, 0.15) is 6.61 Å². The van der Waals surface area contributed by atoms with Crippen LogP contribution in [0.4, 0.5) is 9.18 Å². The first-order valence-electron chi connectivity index (χ1n) is 10.3. The molecule has 0 unspecified atom stereocenters. The van der Waals surface area contributed by atoms with E-state index >= 15 is 0 Å². The lowest BCUT2D eigenvalue weighted by Gasteiger charge is -2.33. The molecule has 32 heavy (non-hydrogen) atoms. The number of hydrogen-bond acceptors (Lipinski definition) is 5. The Labute approximate surface area is 201 Å². The number of rotatable bonds is 8. The first-order valence-corrected chi connectivity index (χ1v) is 10.3. The van der Waals surface area contributed by atoms with E-state index < -0.39 is 0 Å². The highest BCUT2D eigenvalue weighted by Gasteiger charge is 2.24. The molecule has 1 fully saturated rings. The summed E-state index contributed by atoms with van der Waals surface area (Å²) >= 11 is 0. The lowest BCUT2D eigenvalue weighted by Crippen LogP contribution is -2.53. The van der Waals surface area contributed by atoms with Crippen LogP contribution < -0.4 is 10.1 Å². The summed E-state index contributed by atoms with van der Waals surface area (Å²) in [6, 6.07) is 14.8. The minimum atomic E-state index is -0.350. The molecule has 6 nitrogen and oxygen atoms in total. The highest BCUT2D eigenvalue weighted by molar-refractivity contribution is 5.85. The van der Waals surface area contributed by atoms with Gasteiger partial charge >= 0.3 is 6.09 Å². The Morgan fingerprint density at radius 3 is 2.59 bits per heavy atom. The minimum Gasteiger partial charge on any atom is -0.490 e. The molecule has 0 bridgehead atoms. The van der Waals surface area contributed by atoms with Gasteiger partial charge in [-0.1, -0.05) is 36.4 Å². The topological polar surface area (TPSA) is 54.0 Å². The monoisotopic (exact) mass is 487 g/mol. The molecule has 1 aliphatic heterocycles. The third-order valence-corrected chi connectivity index (χ3v) is 4.94. The number of amides is 1. The Morgan fingerprint density at radius 1 is 1.16 bits per heavy atom. The third kappa shape index (κ3) is 8.82. The normalized spacial score (nSPS) is 15.5. The van der Waals surface area contributed by atoms with Gasteiger partial charge in [0.05, 0.1) is 6.61 Å². The van der Waals surface area contributed by atoms with Crippen molar-refractivity contribution in [3.63, 3.8) is 0 Å². The average molecular weight is 488 g/mol. The van der Waals surface area contributed by atoms with Gasteiger partial charge in [0, 0.05) is 32.2 Å². The van der Waals surface area contributed by atoms with E-state index in [9.17, 15) is 9.18 Å². The number of halogens is 3. The number of hydrogen-bond donors (Lipinski definition) is 1. The molecule has 0 aromatic heterocycles. The summed E-state index contributed by atoms with van der Waals surface area (Å²) in [5, 5.41) is 3.38. The maximum Gasteiger partial charge on any atom is 0.410 e. The zero-order chi connectivity index (χ0) is 21.3. The summed E-state index contributed by atoms with van der Waals surface area (Å²) in [6.07, 6.45) is 0.357. The van der Waals surface area contributed by atoms with Gasteiger partial charge in [-0.25, -0.2) is 9.18 Å². The summed E-state index contributed by atoms with van der Waals surface area (Å²) < 4.78 is 25.3. The van der Waals surface area contributed by atoms with E-state index in [-0.39, 0.29) is 55.1 Å². The van der Waals surface area contributed by atoms with Crippen molar-refractivity contribution in [1.29, 1.82) is 0 Å². The largest absolute Gasteiger partial charge is 0.490 e. The van der Waals surface area contributed by atoms with Crippen molar-refractivity contribution in [2.75, 3.05) is 40.3 Å². The van der Waals surface area contributed by atoms with Crippen molar-refractivity contribution in [3.05, 3.63) is 65.5 Å². The second kappa shape index (κ2) is 14.2.